The molecule has 2 rings (SSSR count). The summed E-state index contributed by atoms with van der Waals surface area (Å²) in [5.74, 6) is 1.60. The Morgan fingerprint density at radius 1 is 1.03 bits per heavy atom. The lowest BCUT2D eigenvalue weighted by atomic mass is 10.2. The van der Waals surface area contributed by atoms with Crippen LogP contribution >= 0.6 is 11.8 Å². The smallest absolute Gasteiger partial charge is 0.244 e. The number of carbonyl (C=O) groups excluding carboxylic acids is 1. The van der Waals surface area contributed by atoms with E-state index in [4.69, 9.17) is 0 Å². The number of thioether (sulfide) groups is 1. The van der Waals surface area contributed by atoms with Crippen molar-refractivity contribution in [3.05, 3.63) is 71.8 Å². The van der Waals surface area contributed by atoms with E-state index in [0.29, 0.717) is 19.6 Å². The number of rotatable bonds is 11. The van der Waals surface area contributed by atoms with Crippen molar-refractivity contribution in [3.8, 4) is 0 Å². The molecule has 0 aliphatic heterocycles. The fourth-order valence-electron chi connectivity index (χ4n) is 2.70. The maximum atomic E-state index is 12.5. The highest BCUT2D eigenvalue weighted by Gasteiger charge is 2.20. The molecular formula is C22H28N2O3S2. The van der Waals surface area contributed by atoms with Crippen molar-refractivity contribution >= 4 is 33.8 Å². The fraction of sp³-hybridized carbons (Fsp3) is 0.318. The van der Waals surface area contributed by atoms with Gasteiger partial charge in [-0.15, -0.1) is 0 Å². The molecular weight excluding hydrogens is 404 g/mol. The standard InChI is InChI=1S/C22H28N2O3S2/c1-3-24(4-2)29(26,27)21-13-10-19(11-14-21)12-15-22(25)23-16-17-28-18-20-8-6-5-7-9-20/h5-15H,3-4,16-18H2,1-2H3,(H,23,25). The Labute approximate surface area is 178 Å². The van der Waals surface area contributed by atoms with Crippen LogP contribution in [0.2, 0.25) is 0 Å². The predicted molar refractivity (Wildman–Crippen MR) is 121 cm³/mol. The third kappa shape index (κ3) is 7.34. The minimum atomic E-state index is -3.46. The Morgan fingerprint density at radius 3 is 2.31 bits per heavy atom. The van der Waals surface area contributed by atoms with Crippen LogP contribution in [0.5, 0.6) is 0 Å². The molecule has 7 heteroatoms. The lowest BCUT2D eigenvalue weighted by Gasteiger charge is -2.18. The molecule has 156 valence electrons. The van der Waals surface area contributed by atoms with Gasteiger partial charge < -0.3 is 5.32 Å². The van der Waals surface area contributed by atoms with Crippen LogP contribution in [0.1, 0.15) is 25.0 Å². The molecule has 5 nitrogen and oxygen atoms in total. The SMILES string of the molecule is CCN(CC)S(=O)(=O)c1ccc(C=CC(=O)NCCSCc2ccccc2)cc1. The maximum absolute atomic E-state index is 12.5. The van der Waals surface area contributed by atoms with E-state index in [0.717, 1.165) is 17.1 Å². The molecule has 0 aromatic heterocycles. The molecule has 0 atom stereocenters. The Balaban J connectivity index is 1.78. The largest absolute Gasteiger partial charge is 0.352 e. The second-order valence-electron chi connectivity index (χ2n) is 6.32. The average molecular weight is 433 g/mol. The Hall–Kier alpha value is -2.09. The van der Waals surface area contributed by atoms with Crippen LogP contribution in [0.4, 0.5) is 0 Å². The van der Waals surface area contributed by atoms with Crippen LogP contribution in [0.15, 0.2) is 65.6 Å². The molecule has 0 spiro atoms. The Bertz CT molecular complexity index is 891. The van der Waals surface area contributed by atoms with Gasteiger partial charge in [-0.25, -0.2) is 8.42 Å². The van der Waals surface area contributed by atoms with Gasteiger partial charge in [0, 0.05) is 37.2 Å². The third-order valence-corrected chi connectivity index (χ3v) is 7.40. The van der Waals surface area contributed by atoms with E-state index in [9.17, 15) is 13.2 Å². The lowest BCUT2D eigenvalue weighted by molar-refractivity contribution is -0.116. The van der Waals surface area contributed by atoms with Gasteiger partial charge in [0.05, 0.1) is 4.90 Å². The van der Waals surface area contributed by atoms with Gasteiger partial charge in [-0.1, -0.05) is 56.3 Å². The van der Waals surface area contributed by atoms with Crippen molar-refractivity contribution in [1.29, 1.82) is 0 Å². The second-order valence-corrected chi connectivity index (χ2v) is 9.36. The van der Waals surface area contributed by atoms with E-state index >= 15 is 0 Å². The van der Waals surface area contributed by atoms with Crippen molar-refractivity contribution in [2.75, 3.05) is 25.4 Å². The maximum Gasteiger partial charge on any atom is 0.244 e. The van der Waals surface area contributed by atoms with Crippen LogP contribution in [0.25, 0.3) is 6.08 Å². The number of sulfonamides is 1. The number of hydrogen-bond acceptors (Lipinski definition) is 4. The summed E-state index contributed by atoms with van der Waals surface area (Å²) >= 11 is 1.77. The molecule has 0 unspecified atom stereocenters. The summed E-state index contributed by atoms with van der Waals surface area (Å²) in [5.41, 5.74) is 2.05. The normalized spacial score (nSPS) is 11.8. The molecule has 0 saturated heterocycles. The van der Waals surface area contributed by atoms with E-state index < -0.39 is 10.0 Å². The first-order valence-corrected chi connectivity index (χ1v) is 12.2. The van der Waals surface area contributed by atoms with Crippen LogP contribution in [-0.4, -0.2) is 44.0 Å². The zero-order chi connectivity index (χ0) is 21.1. The zero-order valence-corrected chi connectivity index (χ0v) is 18.5. The molecule has 0 saturated carbocycles. The number of amides is 1. The summed E-state index contributed by atoms with van der Waals surface area (Å²) in [6, 6.07) is 16.8. The summed E-state index contributed by atoms with van der Waals surface area (Å²) < 4.78 is 26.4. The minimum Gasteiger partial charge on any atom is -0.352 e. The van der Waals surface area contributed by atoms with E-state index in [1.165, 1.54) is 15.9 Å². The van der Waals surface area contributed by atoms with Gasteiger partial charge in [-0.05, 0) is 29.3 Å². The van der Waals surface area contributed by atoms with Gasteiger partial charge in [0.1, 0.15) is 0 Å². The first-order valence-electron chi connectivity index (χ1n) is 9.65. The van der Waals surface area contributed by atoms with Gasteiger partial charge in [0.15, 0.2) is 0 Å². The third-order valence-electron chi connectivity index (χ3n) is 4.31. The minimum absolute atomic E-state index is 0.162. The van der Waals surface area contributed by atoms with E-state index in [2.05, 4.69) is 17.4 Å². The topological polar surface area (TPSA) is 66.5 Å². The van der Waals surface area contributed by atoms with Crippen LogP contribution in [0, 0.1) is 0 Å². The van der Waals surface area contributed by atoms with E-state index in [1.807, 2.05) is 32.0 Å². The highest BCUT2D eigenvalue weighted by Crippen LogP contribution is 2.16. The van der Waals surface area contributed by atoms with Crippen molar-refractivity contribution in [1.82, 2.24) is 9.62 Å². The van der Waals surface area contributed by atoms with Crippen molar-refractivity contribution < 1.29 is 13.2 Å². The molecule has 2 aromatic rings. The quantitative estimate of drug-likeness (QED) is 0.433. The zero-order valence-electron chi connectivity index (χ0n) is 16.9. The molecule has 1 amide bonds. The van der Waals surface area contributed by atoms with Gasteiger partial charge in [-0.2, -0.15) is 16.1 Å². The molecule has 0 bridgehead atoms. The van der Waals surface area contributed by atoms with E-state index in [-0.39, 0.29) is 10.8 Å². The highest BCUT2D eigenvalue weighted by molar-refractivity contribution is 7.98. The van der Waals surface area contributed by atoms with Gasteiger partial charge in [0.25, 0.3) is 0 Å². The van der Waals surface area contributed by atoms with Crippen molar-refractivity contribution in [2.24, 2.45) is 0 Å². The number of hydrogen-bond donors (Lipinski definition) is 1. The molecule has 0 fully saturated rings. The first-order chi connectivity index (χ1) is 14.0. The van der Waals surface area contributed by atoms with Gasteiger partial charge >= 0.3 is 0 Å². The van der Waals surface area contributed by atoms with Gasteiger partial charge in [0.2, 0.25) is 15.9 Å². The fourth-order valence-corrected chi connectivity index (χ4v) is 4.98. The predicted octanol–water partition coefficient (Wildman–Crippen LogP) is 3.78. The van der Waals surface area contributed by atoms with Crippen molar-refractivity contribution in [3.63, 3.8) is 0 Å². The highest BCUT2D eigenvalue weighted by atomic mass is 32.2. The Kier molecular flexibility index (Phi) is 9.44. The number of carbonyl (C=O) groups is 1. The summed E-state index contributed by atoms with van der Waals surface area (Å²) in [6.45, 7) is 5.10. The summed E-state index contributed by atoms with van der Waals surface area (Å²) in [6.07, 6.45) is 3.15. The number of benzene rings is 2. The molecule has 29 heavy (non-hydrogen) atoms. The monoisotopic (exact) mass is 432 g/mol. The van der Waals surface area contributed by atoms with Crippen molar-refractivity contribution in [2.45, 2.75) is 24.5 Å². The number of nitrogens with one attached hydrogen (secondary N) is 1. The average Bonchev–Trinajstić information content (AvgIpc) is 2.74. The molecule has 0 heterocycles. The number of nitrogens with zero attached hydrogens (tertiary/aromatic N) is 1. The molecule has 0 radical (unpaired) electrons. The first kappa shape index (κ1) is 23.2. The summed E-state index contributed by atoms with van der Waals surface area (Å²) in [7, 11) is -3.46. The van der Waals surface area contributed by atoms with Gasteiger partial charge in [-0.3, -0.25) is 4.79 Å². The summed E-state index contributed by atoms with van der Waals surface area (Å²) in [4.78, 5) is 12.2. The molecule has 1 N–H and O–H groups in total. The Morgan fingerprint density at radius 2 is 1.69 bits per heavy atom. The second kappa shape index (κ2) is 11.8. The molecule has 0 aliphatic rings. The molecule has 2 aromatic carbocycles. The van der Waals surface area contributed by atoms with E-state index in [1.54, 1.807) is 42.1 Å². The van der Waals surface area contributed by atoms with Crippen LogP contribution in [0.3, 0.4) is 0 Å². The van der Waals surface area contributed by atoms with Crippen LogP contribution < -0.4 is 5.32 Å². The lowest BCUT2D eigenvalue weighted by Crippen LogP contribution is -2.30. The van der Waals surface area contributed by atoms with Crippen LogP contribution in [-0.2, 0) is 20.6 Å². The molecule has 0 aliphatic carbocycles. The summed E-state index contributed by atoms with van der Waals surface area (Å²) in [5, 5.41) is 2.86.